The molecule has 0 spiro atoms. The van der Waals surface area contributed by atoms with Crippen molar-refractivity contribution in [2.24, 2.45) is 0 Å². The second-order valence-corrected chi connectivity index (χ2v) is 4.79. The van der Waals surface area contributed by atoms with Crippen LogP contribution in [0.4, 0.5) is 5.82 Å². The van der Waals surface area contributed by atoms with E-state index in [1.165, 1.54) is 12.0 Å². The van der Waals surface area contributed by atoms with Crippen molar-refractivity contribution in [2.75, 3.05) is 19.0 Å². The number of nitrogens with one attached hydrogen (secondary N) is 1. The first-order valence-corrected chi connectivity index (χ1v) is 6.72. The molecule has 0 atom stereocenters. The SMILES string of the molecule is COc1ncnc(NCCCn2nc(C)cc2C)c1C. The quantitative estimate of drug-likeness (QED) is 0.818. The van der Waals surface area contributed by atoms with Gasteiger partial charge in [0.05, 0.1) is 18.4 Å². The largest absolute Gasteiger partial charge is 0.481 e. The van der Waals surface area contributed by atoms with Gasteiger partial charge >= 0.3 is 0 Å². The Kier molecular flexibility index (Phi) is 4.55. The van der Waals surface area contributed by atoms with Crippen LogP contribution in [0.3, 0.4) is 0 Å². The molecule has 2 heterocycles. The molecule has 2 rings (SSSR count). The van der Waals surface area contributed by atoms with Gasteiger partial charge in [0.1, 0.15) is 12.1 Å². The Balaban J connectivity index is 1.86. The van der Waals surface area contributed by atoms with E-state index in [0.717, 1.165) is 36.6 Å². The van der Waals surface area contributed by atoms with Crippen molar-refractivity contribution in [2.45, 2.75) is 33.7 Å². The fourth-order valence-corrected chi connectivity index (χ4v) is 2.15. The first kappa shape index (κ1) is 14.3. The predicted octanol–water partition coefficient (Wildman–Crippen LogP) is 2.11. The van der Waals surface area contributed by atoms with Gasteiger partial charge in [0.25, 0.3) is 0 Å². The number of nitrogens with zero attached hydrogens (tertiary/aromatic N) is 4. The molecule has 0 saturated heterocycles. The Morgan fingerprint density at radius 2 is 2.05 bits per heavy atom. The highest BCUT2D eigenvalue weighted by Gasteiger charge is 2.06. The van der Waals surface area contributed by atoms with Crippen molar-refractivity contribution >= 4 is 5.82 Å². The lowest BCUT2D eigenvalue weighted by molar-refractivity contribution is 0.393. The summed E-state index contributed by atoms with van der Waals surface area (Å²) in [4.78, 5) is 8.29. The molecular formula is C14H21N5O. The third kappa shape index (κ3) is 3.26. The van der Waals surface area contributed by atoms with E-state index in [0.29, 0.717) is 5.88 Å². The Bertz CT molecular complexity index is 579. The Morgan fingerprint density at radius 1 is 1.25 bits per heavy atom. The third-order valence-electron chi connectivity index (χ3n) is 3.17. The number of methoxy groups -OCH3 is 1. The van der Waals surface area contributed by atoms with Crippen LogP contribution in [-0.2, 0) is 6.54 Å². The predicted molar refractivity (Wildman–Crippen MR) is 78.1 cm³/mol. The highest BCUT2D eigenvalue weighted by atomic mass is 16.5. The van der Waals surface area contributed by atoms with Crippen LogP contribution in [0.1, 0.15) is 23.4 Å². The Labute approximate surface area is 119 Å². The fraction of sp³-hybridized carbons (Fsp3) is 0.500. The van der Waals surface area contributed by atoms with Crippen LogP contribution in [0.5, 0.6) is 5.88 Å². The van der Waals surface area contributed by atoms with Gasteiger partial charge in [-0.1, -0.05) is 0 Å². The summed E-state index contributed by atoms with van der Waals surface area (Å²) in [6.07, 6.45) is 2.49. The van der Waals surface area contributed by atoms with Crippen LogP contribution in [-0.4, -0.2) is 33.4 Å². The lowest BCUT2D eigenvalue weighted by Gasteiger charge is -2.10. The van der Waals surface area contributed by atoms with Crippen molar-refractivity contribution < 1.29 is 4.74 Å². The van der Waals surface area contributed by atoms with Gasteiger partial charge in [0.15, 0.2) is 0 Å². The van der Waals surface area contributed by atoms with Crippen LogP contribution < -0.4 is 10.1 Å². The molecule has 1 N–H and O–H groups in total. The van der Waals surface area contributed by atoms with Gasteiger partial charge in [-0.25, -0.2) is 9.97 Å². The average Bonchev–Trinajstić information content (AvgIpc) is 2.74. The van der Waals surface area contributed by atoms with Gasteiger partial charge in [0, 0.05) is 18.8 Å². The smallest absolute Gasteiger partial charge is 0.221 e. The van der Waals surface area contributed by atoms with E-state index in [1.54, 1.807) is 7.11 Å². The molecular weight excluding hydrogens is 254 g/mol. The van der Waals surface area contributed by atoms with E-state index < -0.39 is 0 Å². The first-order chi connectivity index (χ1) is 9.61. The van der Waals surface area contributed by atoms with Crippen LogP contribution in [0.15, 0.2) is 12.4 Å². The zero-order valence-corrected chi connectivity index (χ0v) is 12.5. The molecule has 0 aliphatic heterocycles. The standard InChI is InChI=1S/C14H21N5O/c1-10-8-11(2)19(18-10)7-5-6-15-13-12(3)14(20-4)17-9-16-13/h8-9H,5-7H2,1-4H3,(H,15,16,17). The molecule has 0 unspecified atom stereocenters. The van der Waals surface area contributed by atoms with E-state index in [9.17, 15) is 0 Å². The lowest BCUT2D eigenvalue weighted by Crippen LogP contribution is -2.11. The fourth-order valence-electron chi connectivity index (χ4n) is 2.15. The molecule has 2 aromatic heterocycles. The second-order valence-electron chi connectivity index (χ2n) is 4.79. The number of aryl methyl sites for hydroxylation is 3. The summed E-state index contributed by atoms with van der Waals surface area (Å²) in [7, 11) is 1.61. The second kappa shape index (κ2) is 6.36. The van der Waals surface area contributed by atoms with Gasteiger partial charge < -0.3 is 10.1 Å². The lowest BCUT2D eigenvalue weighted by atomic mass is 10.3. The third-order valence-corrected chi connectivity index (χ3v) is 3.17. The number of rotatable bonds is 6. The van der Waals surface area contributed by atoms with Gasteiger partial charge in [-0.15, -0.1) is 0 Å². The van der Waals surface area contributed by atoms with Crippen molar-refractivity contribution in [3.8, 4) is 5.88 Å². The van der Waals surface area contributed by atoms with E-state index in [1.807, 2.05) is 18.5 Å². The topological polar surface area (TPSA) is 64.9 Å². The summed E-state index contributed by atoms with van der Waals surface area (Å²) in [5.41, 5.74) is 3.19. The number of hydrogen-bond donors (Lipinski definition) is 1. The average molecular weight is 275 g/mol. The first-order valence-electron chi connectivity index (χ1n) is 6.72. The van der Waals surface area contributed by atoms with E-state index in [4.69, 9.17) is 4.74 Å². The summed E-state index contributed by atoms with van der Waals surface area (Å²) in [5.74, 6) is 1.44. The zero-order chi connectivity index (χ0) is 14.5. The number of anilines is 1. The van der Waals surface area contributed by atoms with Gasteiger partial charge in [-0.05, 0) is 33.3 Å². The maximum atomic E-state index is 5.17. The highest BCUT2D eigenvalue weighted by Crippen LogP contribution is 2.19. The number of hydrogen-bond acceptors (Lipinski definition) is 5. The normalized spacial score (nSPS) is 10.6. The Morgan fingerprint density at radius 3 is 2.70 bits per heavy atom. The van der Waals surface area contributed by atoms with Crippen molar-refractivity contribution in [3.05, 3.63) is 29.3 Å². The molecule has 6 heteroatoms. The summed E-state index contributed by atoms with van der Waals surface area (Å²) < 4.78 is 7.21. The molecule has 0 bridgehead atoms. The van der Waals surface area contributed by atoms with Gasteiger partial charge in [-0.2, -0.15) is 5.10 Å². The molecule has 108 valence electrons. The molecule has 0 radical (unpaired) electrons. The molecule has 0 aliphatic carbocycles. The number of ether oxygens (including phenoxy) is 1. The molecule has 0 fully saturated rings. The minimum atomic E-state index is 0.612. The van der Waals surface area contributed by atoms with Crippen LogP contribution in [0.2, 0.25) is 0 Å². The maximum absolute atomic E-state index is 5.17. The monoisotopic (exact) mass is 275 g/mol. The molecule has 20 heavy (non-hydrogen) atoms. The van der Waals surface area contributed by atoms with Crippen LogP contribution in [0.25, 0.3) is 0 Å². The molecule has 0 aliphatic rings. The van der Waals surface area contributed by atoms with E-state index >= 15 is 0 Å². The Hall–Kier alpha value is -2.11. The van der Waals surface area contributed by atoms with Gasteiger partial charge in [-0.3, -0.25) is 4.68 Å². The van der Waals surface area contributed by atoms with Crippen LogP contribution in [0, 0.1) is 20.8 Å². The molecule has 2 aromatic rings. The van der Waals surface area contributed by atoms with Crippen molar-refractivity contribution in [1.29, 1.82) is 0 Å². The van der Waals surface area contributed by atoms with Crippen LogP contribution >= 0.6 is 0 Å². The minimum Gasteiger partial charge on any atom is -0.481 e. The van der Waals surface area contributed by atoms with Crippen molar-refractivity contribution in [1.82, 2.24) is 19.7 Å². The minimum absolute atomic E-state index is 0.612. The van der Waals surface area contributed by atoms with E-state index in [2.05, 4.69) is 33.4 Å². The molecule has 6 nitrogen and oxygen atoms in total. The summed E-state index contributed by atoms with van der Waals surface area (Å²) in [6.45, 7) is 7.76. The van der Waals surface area contributed by atoms with Crippen molar-refractivity contribution in [3.63, 3.8) is 0 Å². The maximum Gasteiger partial charge on any atom is 0.221 e. The zero-order valence-electron chi connectivity index (χ0n) is 12.5. The van der Waals surface area contributed by atoms with E-state index in [-0.39, 0.29) is 0 Å². The van der Waals surface area contributed by atoms with Gasteiger partial charge in [0.2, 0.25) is 5.88 Å². The molecule has 0 saturated carbocycles. The molecule has 0 amide bonds. The summed E-state index contributed by atoms with van der Waals surface area (Å²) >= 11 is 0. The molecule has 0 aromatic carbocycles. The summed E-state index contributed by atoms with van der Waals surface area (Å²) in [6, 6.07) is 2.09. The number of aromatic nitrogens is 4. The highest BCUT2D eigenvalue weighted by molar-refractivity contribution is 5.47. The summed E-state index contributed by atoms with van der Waals surface area (Å²) in [5, 5.41) is 7.75.